The number of nitrogens with two attached hydrogens (primary N) is 1. The van der Waals surface area contributed by atoms with Crippen molar-refractivity contribution in [1.82, 2.24) is 10.3 Å². The maximum atomic E-state index is 11.3. The van der Waals surface area contributed by atoms with E-state index >= 15 is 0 Å². The summed E-state index contributed by atoms with van der Waals surface area (Å²) in [4.78, 5) is 15.3. The molecule has 0 aliphatic carbocycles. The Balaban J connectivity index is 2.05. The van der Waals surface area contributed by atoms with E-state index in [1.807, 2.05) is 30.3 Å². The highest BCUT2D eigenvalue weighted by atomic mass is 16.1. The summed E-state index contributed by atoms with van der Waals surface area (Å²) in [5, 5.41) is 3.37. The summed E-state index contributed by atoms with van der Waals surface area (Å²) in [6.07, 6.45) is 3.54. The molecule has 0 aliphatic rings. The molecule has 19 heavy (non-hydrogen) atoms. The fourth-order valence-corrected chi connectivity index (χ4v) is 1.95. The Kier molecular flexibility index (Phi) is 4.26. The van der Waals surface area contributed by atoms with Gasteiger partial charge in [-0.05, 0) is 36.2 Å². The Hall–Kier alpha value is -2.20. The van der Waals surface area contributed by atoms with E-state index in [1.54, 1.807) is 18.5 Å². The molecule has 4 heteroatoms. The first kappa shape index (κ1) is 13.2. The highest BCUT2D eigenvalue weighted by molar-refractivity contribution is 5.94. The molecule has 3 N–H and O–H groups in total. The van der Waals surface area contributed by atoms with E-state index in [-0.39, 0.29) is 6.04 Å². The first-order valence-corrected chi connectivity index (χ1v) is 6.19. The molecule has 1 aromatic carbocycles. The minimum Gasteiger partial charge on any atom is -0.366 e. The number of primary amides is 1. The molecule has 0 spiro atoms. The number of amides is 1. The number of nitrogens with zero attached hydrogens (tertiary/aromatic N) is 1. The van der Waals surface area contributed by atoms with Crippen LogP contribution in [-0.2, 0) is 6.54 Å². The highest BCUT2D eigenvalue weighted by Gasteiger charge is 2.09. The summed E-state index contributed by atoms with van der Waals surface area (Å²) in [6.45, 7) is 2.67. The van der Waals surface area contributed by atoms with Crippen LogP contribution >= 0.6 is 0 Å². The first-order valence-electron chi connectivity index (χ1n) is 6.19. The van der Waals surface area contributed by atoms with E-state index in [1.165, 1.54) is 0 Å². The smallest absolute Gasteiger partial charge is 0.249 e. The predicted octanol–water partition coefficient (Wildman–Crippen LogP) is 2.03. The van der Waals surface area contributed by atoms with E-state index in [0.29, 0.717) is 12.1 Å². The van der Waals surface area contributed by atoms with Gasteiger partial charge in [-0.3, -0.25) is 9.78 Å². The van der Waals surface area contributed by atoms with Crippen LogP contribution in [0.3, 0.4) is 0 Å². The van der Waals surface area contributed by atoms with Gasteiger partial charge >= 0.3 is 0 Å². The number of hydrogen-bond donors (Lipinski definition) is 2. The largest absolute Gasteiger partial charge is 0.366 e. The molecule has 1 aromatic heterocycles. The molecule has 98 valence electrons. The van der Waals surface area contributed by atoms with Gasteiger partial charge in [-0.25, -0.2) is 0 Å². The van der Waals surface area contributed by atoms with Gasteiger partial charge in [0.2, 0.25) is 5.91 Å². The van der Waals surface area contributed by atoms with E-state index < -0.39 is 5.91 Å². The molecular formula is C15H17N3O. The SMILES string of the molecule is C[C@H](NCc1ccccc1C(N)=O)c1ccncc1. The topological polar surface area (TPSA) is 68.0 Å². The summed E-state index contributed by atoms with van der Waals surface area (Å²) < 4.78 is 0. The van der Waals surface area contributed by atoms with Gasteiger partial charge in [0, 0.05) is 30.5 Å². The van der Waals surface area contributed by atoms with Gasteiger partial charge < -0.3 is 11.1 Å². The van der Waals surface area contributed by atoms with Crippen molar-refractivity contribution in [1.29, 1.82) is 0 Å². The van der Waals surface area contributed by atoms with Crippen LogP contribution in [0.5, 0.6) is 0 Å². The molecule has 0 bridgehead atoms. The molecule has 4 nitrogen and oxygen atoms in total. The van der Waals surface area contributed by atoms with Crippen molar-refractivity contribution in [3.8, 4) is 0 Å². The van der Waals surface area contributed by atoms with Crippen LogP contribution in [-0.4, -0.2) is 10.9 Å². The van der Waals surface area contributed by atoms with Crippen LogP contribution in [0.25, 0.3) is 0 Å². The fraction of sp³-hybridized carbons (Fsp3) is 0.200. The van der Waals surface area contributed by atoms with Crippen molar-refractivity contribution >= 4 is 5.91 Å². The Morgan fingerprint density at radius 3 is 2.63 bits per heavy atom. The fourth-order valence-electron chi connectivity index (χ4n) is 1.95. The van der Waals surface area contributed by atoms with Crippen LogP contribution in [0.2, 0.25) is 0 Å². The number of carbonyl (C=O) groups is 1. The number of hydrogen-bond acceptors (Lipinski definition) is 3. The third-order valence-electron chi connectivity index (χ3n) is 3.09. The number of aromatic nitrogens is 1. The number of benzene rings is 1. The van der Waals surface area contributed by atoms with E-state index in [2.05, 4.69) is 17.2 Å². The molecule has 1 amide bonds. The molecule has 0 radical (unpaired) electrons. The Morgan fingerprint density at radius 2 is 1.95 bits per heavy atom. The minimum atomic E-state index is -0.394. The van der Waals surface area contributed by atoms with Crippen molar-refractivity contribution < 1.29 is 4.79 Å². The lowest BCUT2D eigenvalue weighted by Crippen LogP contribution is -2.21. The standard InChI is InChI=1S/C15H17N3O/c1-11(12-6-8-17-9-7-12)18-10-13-4-2-3-5-14(13)15(16)19/h2-9,11,18H,10H2,1H3,(H2,16,19)/t11-/m0/s1. The molecule has 0 unspecified atom stereocenters. The quantitative estimate of drug-likeness (QED) is 0.859. The van der Waals surface area contributed by atoms with Gasteiger partial charge in [-0.1, -0.05) is 18.2 Å². The van der Waals surface area contributed by atoms with Crippen molar-refractivity contribution in [3.63, 3.8) is 0 Å². The van der Waals surface area contributed by atoms with Gasteiger partial charge in [-0.2, -0.15) is 0 Å². The molecule has 2 aromatic rings. The molecule has 0 aliphatic heterocycles. The normalized spacial score (nSPS) is 12.1. The minimum absolute atomic E-state index is 0.184. The average molecular weight is 255 g/mol. The molecule has 2 rings (SSSR count). The zero-order valence-electron chi connectivity index (χ0n) is 10.8. The third kappa shape index (κ3) is 3.39. The molecule has 1 atom stereocenters. The molecule has 1 heterocycles. The van der Waals surface area contributed by atoms with Crippen LogP contribution < -0.4 is 11.1 Å². The second-order valence-electron chi connectivity index (χ2n) is 4.40. The molecule has 0 saturated carbocycles. The third-order valence-corrected chi connectivity index (χ3v) is 3.09. The van der Waals surface area contributed by atoms with Crippen molar-refractivity contribution in [2.24, 2.45) is 5.73 Å². The van der Waals surface area contributed by atoms with Crippen molar-refractivity contribution in [2.45, 2.75) is 19.5 Å². The number of carbonyl (C=O) groups excluding carboxylic acids is 1. The number of pyridine rings is 1. The van der Waals surface area contributed by atoms with Gasteiger partial charge in [0.1, 0.15) is 0 Å². The Bertz CT molecular complexity index is 554. The lowest BCUT2D eigenvalue weighted by Gasteiger charge is -2.15. The number of rotatable bonds is 5. The summed E-state index contributed by atoms with van der Waals surface area (Å²) in [6, 6.07) is 11.5. The maximum absolute atomic E-state index is 11.3. The van der Waals surface area contributed by atoms with Gasteiger partial charge in [0.15, 0.2) is 0 Å². The zero-order valence-corrected chi connectivity index (χ0v) is 10.8. The van der Waals surface area contributed by atoms with Gasteiger partial charge in [-0.15, -0.1) is 0 Å². The summed E-state index contributed by atoms with van der Waals surface area (Å²) in [5.41, 5.74) is 8.00. The van der Waals surface area contributed by atoms with E-state index in [4.69, 9.17) is 5.73 Å². The molecule has 0 fully saturated rings. The van der Waals surface area contributed by atoms with E-state index in [0.717, 1.165) is 11.1 Å². The molecular weight excluding hydrogens is 238 g/mol. The van der Waals surface area contributed by atoms with Crippen molar-refractivity contribution in [3.05, 3.63) is 65.5 Å². The first-order chi connectivity index (χ1) is 9.18. The average Bonchev–Trinajstić information content (AvgIpc) is 2.46. The number of nitrogens with one attached hydrogen (secondary N) is 1. The van der Waals surface area contributed by atoms with Gasteiger partial charge in [0.05, 0.1) is 0 Å². The second-order valence-corrected chi connectivity index (χ2v) is 4.40. The summed E-state index contributed by atoms with van der Waals surface area (Å²) in [5.74, 6) is -0.394. The predicted molar refractivity (Wildman–Crippen MR) is 74.5 cm³/mol. The van der Waals surface area contributed by atoms with Crippen LogP contribution in [0.4, 0.5) is 0 Å². The summed E-state index contributed by atoms with van der Waals surface area (Å²) in [7, 11) is 0. The van der Waals surface area contributed by atoms with E-state index in [9.17, 15) is 4.79 Å². The highest BCUT2D eigenvalue weighted by Crippen LogP contribution is 2.13. The maximum Gasteiger partial charge on any atom is 0.249 e. The van der Waals surface area contributed by atoms with Gasteiger partial charge in [0.25, 0.3) is 0 Å². The summed E-state index contributed by atoms with van der Waals surface area (Å²) >= 11 is 0. The zero-order chi connectivity index (χ0) is 13.7. The molecule has 0 saturated heterocycles. The lowest BCUT2D eigenvalue weighted by molar-refractivity contribution is 0.0999. The van der Waals surface area contributed by atoms with Crippen molar-refractivity contribution in [2.75, 3.05) is 0 Å². The lowest BCUT2D eigenvalue weighted by atomic mass is 10.1. The van der Waals surface area contributed by atoms with Crippen LogP contribution in [0, 0.1) is 0 Å². The monoisotopic (exact) mass is 255 g/mol. The Morgan fingerprint density at radius 1 is 1.26 bits per heavy atom. The Labute approximate surface area is 112 Å². The second kappa shape index (κ2) is 6.11. The van der Waals surface area contributed by atoms with Crippen LogP contribution in [0.15, 0.2) is 48.8 Å². The van der Waals surface area contributed by atoms with Crippen LogP contribution in [0.1, 0.15) is 34.5 Å².